The Morgan fingerprint density at radius 2 is 2.03 bits per heavy atom. The van der Waals surface area contributed by atoms with Crippen molar-refractivity contribution >= 4 is 29.0 Å². The van der Waals surface area contributed by atoms with Crippen LogP contribution < -0.4 is 15.0 Å². The Kier molecular flexibility index (Phi) is 4.51. The van der Waals surface area contributed by atoms with E-state index in [9.17, 15) is 13.6 Å². The number of rotatable bonds is 2. The maximum absolute atomic E-state index is 14.9. The normalized spacial score (nSPS) is 17.6. The third-order valence-corrected chi connectivity index (χ3v) is 5.59. The zero-order chi connectivity index (χ0) is 20.8. The number of aryl methyl sites for hydroxylation is 1. The minimum Gasteiger partial charge on any atom is -0.484 e. The molecule has 0 fully saturated rings. The van der Waals surface area contributed by atoms with Gasteiger partial charge in [-0.05, 0) is 42.7 Å². The molecule has 1 atom stereocenters. The molecule has 5 rings (SSSR count). The molecule has 9 heteroatoms. The molecule has 0 spiro atoms. The minimum atomic E-state index is -0.591. The summed E-state index contributed by atoms with van der Waals surface area (Å²) in [5.74, 6) is -0.621. The molecule has 0 radical (unpaired) electrons. The van der Waals surface area contributed by atoms with E-state index >= 15 is 0 Å². The van der Waals surface area contributed by atoms with Crippen molar-refractivity contribution in [1.29, 1.82) is 0 Å². The number of amides is 2. The first-order valence-electron chi connectivity index (χ1n) is 9.32. The van der Waals surface area contributed by atoms with Gasteiger partial charge in [0.05, 0.1) is 17.9 Å². The molecule has 0 aliphatic carbocycles. The van der Waals surface area contributed by atoms with E-state index in [-0.39, 0.29) is 23.1 Å². The number of fused-ring (bicyclic) bond motifs is 2. The monoisotopic (exact) mass is 428 g/mol. The van der Waals surface area contributed by atoms with Crippen LogP contribution in [0.4, 0.5) is 25.0 Å². The molecule has 2 aromatic heterocycles. The molecule has 1 aromatic carbocycles. The average Bonchev–Trinajstić information content (AvgIpc) is 2.73. The first-order chi connectivity index (χ1) is 14.5. The Morgan fingerprint density at radius 1 is 1.17 bits per heavy atom. The van der Waals surface area contributed by atoms with Crippen LogP contribution in [-0.4, -0.2) is 16.0 Å². The molecule has 30 heavy (non-hydrogen) atoms. The van der Waals surface area contributed by atoms with Crippen molar-refractivity contribution in [2.45, 2.75) is 25.5 Å². The standard InChI is InChI=1S/C21H15ClF2N4O2/c22-20-12-10-28(21(29)27-15(12)5-7-26-20)16-9-18-11(8-14(16)24)3-4-17(30-18)19-13(23)2-1-6-25-19/h1-2,5-9,17H,3-4,10H2,(H,27,29). The largest absolute Gasteiger partial charge is 0.484 e. The summed E-state index contributed by atoms with van der Waals surface area (Å²) >= 11 is 6.15. The van der Waals surface area contributed by atoms with E-state index in [0.717, 1.165) is 0 Å². The van der Waals surface area contributed by atoms with Crippen LogP contribution in [0.2, 0.25) is 5.15 Å². The predicted molar refractivity (Wildman–Crippen MR) is 107 cm³/mol. The summed E-state index contributed by atoms with van der Waals surface area (Å²) in [4.78, 5) is 21.9. The molecular weight excluding hydrogens is 414 g/mol. The summed E-state index contributed by atoms with van der Waals surface area (Å²) in [6, 6.07) is 6.79. The summed E-state index contributed by atoms with van der Waals surface area (Å²) in [7, 11) is 0. The lowest BCUT2D eigenvalue weighted by Crippen LogP contribution is -2.39. The van der Waals surface area contributed by atoms with Crippen molar-refractivity contribution in [1.82, 2.24) is 9.97 Å². The Bertz CT molecular complexity index is 1170. The fourth-order valence-electron chi connectivity index (χ4n) is 3.76. The van der Waals surface area contributed by atoms with Crippen LogP contribution in [0.3, 0.4) is 0 Å². The van der Waals surface area contributed by atoms with E-state index in [1.165, 1.54) is 41.6 Å². The van der Waals surface area contributed by atoms with Crippen LogP contribution >= 0.6 is 11.6 Å². The first kappa shape index (κ1) is 18.7. The van der Waals surface area contributed by atoms with Crippen LogP contribution in [0.5, 0.6) is 5.75 Å². The highest BCUT2D eigenvalue weighted by atomic mass is 35.5. The zero-order valence-corrected chi connectivity index (χ0v) is 16.3. The molecule has 3 aromatic rings. The van der Waals surface area contributed by atoms with Crippen molar-refractivity contribution < 1.29 is 18.3 Å². The number of benzene rings is 1. The number of hydrogen-bond donors (Lipinski definition) is 1. The molecule has 1 N–H and O–H groups in total. The van der Waals surface area contributed by atoms with Gasteiger partial charge in [-0.25, -0.2) is 18.6 Å². The molecule has 6 nitrogen and oxygen atoms in total. The summed E-state index contributed by atoms with van der Waals surface area (Å²) in [5.41, 5.74) is 2.03. The maximum Gasteiger partial charge on any atom is 0.326 e. The Labute approximate surface area is 175 Å². The number of carbonyl (C=O) groups is 1. The lowest BCUT2D eigenvalue weighted by molar-refractivity contribution is 0.167. The van der Waals surface area contributed by atoms with Gasteiger partial charge in [0, 0.05) is 24.0 Å². The van der Waals surface area contributed by atoms with Crippen LogP contribution in [0.25, 0.3) is 0 Å². The Morgan fingerprint density at radius 3 is 2.87 bits per heavy atom. The van der Waals surface area contributed by atoms with E-state index in [1.54, 1.807) is 6.07 Å². The van der Waals surface area contributed by atoms with Gasteiger partial charge in [-0.15, -0.1) is 0 Å². The molecule has 0 saturated carbocycles. The molecular formula is C21H15ClF2N4O2. The third-order valence-electron chi connectivity index (χ3n) is 5.26. The van der Waals surface area contributed by atoms with E-state index < -0.39 is 23.8 Å². The second-order valence-corrected chi connectivity index (χ2v) is 7.43. The smallest absolute Gasteiger partial charge is 0.326 e. The van der Waals surface area contributed by atoms with Gasteiger partial charge < -0.3 is 10.1 Å². The van der Waals surface area contributed by atoms with E-state index in [4.69, 9.17) is 16.3 Å². The van der Waals surface area contributed by atoms with Gasteiger partial charge in [-0.3, -0.25) is 9.88 Å². The lowest BCUT2D eigenvalue weighted by Gasteiger charge is -2.32. The van der Waals surface area contributed by atoms with Crippen molar-refractivity contribution in [3.05, 3.63) is 76.3 Å². The van der Waals surface area contributed by atoms with Crippen molar-refractivity contribution in [2.24, 2.45) is 0 Å². The van der Waals surface area contributed by atoms with Crippen LogP contribution in [-0.2, 0) is 13.0 Å². The number of nitrogens with one attached hydrogen (secondary N) is 1. The number of anilines is 2. The van der Waals surface area contributed by atoms with Gasteiger partial charge in [0.2, 0.25) is 0 Å². The molecule has 2 aliphatic heterocycles. The number of nitrogens with zero attached hydrogens (tertiary/aromatic N) is 3. The minimum absolute atomic E-state index is 0.0407. The molecule has 0 bridgehead atoms. The Hall–Kier alpha value is -3.26. The number of urea groups is 1. The fraction of sp³-hybridized carbons (Fsp3) is 0.190. The SMILES string of the molecule is O=C1Nc2ccnc(Cl)c2CN1c1cc2c(cc1F)CCC(c1ncccc1F)O2. The number of hydrogen-bond acceptors (Lipinski definition) is 4. The van der Waals surface area contributed by atoms with Crippen LogP contribution in [0.15, 0.2) is 42.7 Å². The van der Waals surface area contributed by atoms with E-state index in [0.29, 0.717) is 35.4 Å². The van der Waals surface area contributed by atoms with Gasteiger partial charge >= 0.3 is 6.03 Å². The number of carbonyl (C=O) groups excluding carboxylic acids is 1. The molecule has 2 amide bonds. The summed E-state index contributed by atoms with van der Waals surface area (Å²) < 4.78 is 35.0. The number of ether oxygens (including phenoxy) is 1. The second-order valence-electron chi connectivity index (χ2n) is 7.07. The van der Waals surface area contributed by atoms with Gasteiger partial charge in [-0.1, -0.05) is 11.6 Å². The Balaban J connectivity index is 1.50. The molecule has 0 saturated heterocycles. The predicted octanol–water partition coefficient (Wildman–Crippen LogP) is 5.03. The van der Waals surface area contributed by atoms with Crippen molar-refractivity contribution in [3.8, 4) is 5.75 Å². The number of halogens is 3. The summed E-state index contributed by atoms with van der Waals surface area (Å²) in [5, 5.41) is 2.93. The summed E-state index contributed by atoms with van der Waals surface area (Å²) in [6.07, 6.45) is 3.37. The molecule has 152 valence electrons. The topological polar surface area (TPSA) is 67.4 Å². The van der Waals surface area contributed by atoms with E-state index in [2.05, 4.69) is 15.3 Å². The molecule has 1 unspecified atom stereocenters. The van der Waals surface area contributed by atoms with Gasteiger partial charge in [-0.2, -0.15) is 0 Å². The van der Waals surface area contributed by atoms with Crippen molar-refractivity contribution in [3.63, 3.8) is 0 Å². The quantitative estimate of drug-likeness (QED) is 0.581. The highest BCUT2D eigenvalue weighted by molar-refractivity contribution is 6.31. The van der Waals surface area contributed by atoms with Gasteiger partial charge in [0.15, 0.2) is 0 Å². The second kappa shape index (κ2) is 7.21. The highest BCUT2D eigenvalue weighted by Gasteiger charge is 2.31. The van der Waals surface area contributed by atoms with Crippen LogP contribution in [0, 0.1) is 11.6 Å². The van der Waals surface area contributed by atoms with Gasteiger partial charge in [0.1, 0.15) is 34.3 Å². The average molecular weight is 429 g/mol. The zero-order valence-electron chi connectivity index (χ0n) is 15.5. The van der Waals surface area contributed by atoms with Crippen molar-refractivity contribution in [2.75, 3.05) is 10.2 Å². The van der Waals surface area contributed by atoms with E-state index in [1.807, 2.05) is 0 Å². The number of pyridine rings is 2. The highest BCUT2D eigenvalue weighted by Crippen LogP contribution is 2.40. The maximum atomic E-state index is 14.9. The lowest BCUT2D eigenvalue weighted by atomic mass is 9.99. The third kappa shape index (κ3) is 3.13. The van der Waals surface area contributed by atoms with Gasteiger partial charge in [0.25, 0.3) is 0 Å². The summed E-state index contributed by atoms with van der Waals surface area (Å²) in [6.45, 7) is 0.0574. The molecule has 4 heterocycles. The van der Waals surface area contributed by atoms with Crippen LogP contribution in [0.1, 0.15) is 29.3 Å². The fourth-order valence-corrected chi connectivity index (χ4v) is 3.98. The first-order valence-corrected chi connectivity index (χ1v) is 9.70. The number of aromatic nitrogens is 2. The molecule has 2 aliphatic rings.